The van der Waals surface area contributed by atoms with Crippen LogP contribution >= 0.6 is 11.5 Å². The van der Waals surface area contributed by atoms with E-state index in [1.807, 2.05) is 32.0 Å². The van der Waals surface area contributed by atoms with Crippen LogP contribution in [0.5, 0.6) is 5.75 Å². The fraction of sp³-hybridized carbons (Fsp3) is 0.308. The zero-order chi connectivity index (χ0) is 26.6. The van der Waals surface area contributed by atoms with Gasteiger partial charge in [0.05, 0.1) is 5.69 Å². The second-order valence-electron chi connectivity index (χ2n) is 9.07. The second kappa shape index (κ2) is 11.2. The predicted octanol–water partition coefficient (Wildman–Crippen LogP) is 3.70. The molecule has 1 atom stereocenters. The van der Waals surface area contributed by atoms with Gasteiger partial charge in [-0.3, -0.25) is 19.3 Å². The van der Waals surface area contributed by atoms with Gasteiger partial charge in [0.2, 0.25) is 5.91 Å². The molecule has 0 bridgehead atoms. The molecule has 1 heterocycles. The standard InChI is InChI=1S/C26H31N5O4S/c1-14(2)11-12-29-25(34)22(17-7-9-18(32)10-8-17)31(19-13-15(3)5-6-16(19)4)26(35)23-20(27)21(24(28)33)30-36-23/h5-10,13-14,22,32H,11-12,27H2,1-4H3,(H2,28,33)(H,29,34)/t22-/m1/s1. The molecule has 1 aromatic heterocycles. The molecule has 9 nitrogen and oxygen atoms in total. The SMILES string of the molecule is Cc1ccc(C)c(N(C(=O)c2snc(C(N)=O)c2N)[C@@H](C(=O)NCCC(C)C)c2ccc(O)cc2)c1. The van der Waals surface area contributed by atoms with E-state index >= 15 is 0 Å². The van der Waals surface area contributed by atoms with E-state index in [2.05, 4.69) is 23.5 Å². The number of carbonyl (C=O) groups is 3. The monoisotopic (exact) mass is 509 g/mol. The Morgan fingerprint density at radius 1 is 1.11 bits per heavy atom. The van der Waals surface area contributed by atoms with Gasteiger partial charge < -0.3 is 21.9 Å². The number of nitrogens with two attached hydrogens (primary N) is 2. The van der Waals surface area contributed by atoms with Gasteiger partial charge in [-0.2, -0.15) is 4.37 Å². The van der Waals surface area contributed by atoms with E-state index in [0.717, 1.165) is 29.1 Å². The van der Waals surface area contributed by atoms with Crippen LogP contribution in [0.4, 0.5) is 11.4 Å². The van der Waals surface area contributed by atoms with Gasteiger partial charge in [-0.05, 0) is 72.6 Å². The van der Waals surface area contributed by atoms with E-state index in [-0.39, 0.29) is 22.0 Å². The molecule has 0 aliphatic carbocycles. The summed E-state index contributed by atoms with van der Waals surface area (Å²) in [5.41, 5.74) is 13.8. The lowest BCUT2D eigenvalue weighted by atomic mass is 10.00. The number of carbonyl (C=O) groups excluding carboxylic acids is 3. The number of aromatic hydroxyl groups is 1. The van der Waals surface area contributed by atoms with Crippen LogP contribution in [0.2, 0.25) is 0 Å². The molecule has 3 aromatic rings. The van der Waals surface area contributed by atoms with Gasteiger partial charge in [0, 0.05) is 12.2 Å². The minimum absolute atomic E-state index is 0.00321. The zero-order valence-corrected chi connectivity index (χ0v) is 21.6. The molecule has 0 saturated carbocycles. The molecule has 0 unspecified atom stereocenters. The molecule has 0 radical (unpaired) electrons. The van der Waals surface area contributed by atoms with Crippen LogP contribution in [0.1, 0.15) is 63.2 Å². The maximum absolute atomic E-state index is 14.1. The van der Waals surface area contributed by atoms with E-state index in [9.17, 15) is 19.5 Å². The third-order valence-electron chi connectivity index (χ3n) is 5.73. The molecular weight excluding hydrogens is 478 g/mol. The van der Waals surface area contributed by atoms with Crippen molar-refractivity contribution in [3.05, 3.63) is 69.7 Å². The minimum atomic E-state index is -1.09. The van der Waals surface area contributed by atoms with Crippen LogP contribution in [0, 0.1) is 19.8 Å². The average molecular weight is 510 g/mol. The van der Waals surface area contributed by atoms with E-state index in [4.69, 9.17) is 11.5 Å². The van der Waals surface area contributed by atoms with Crippen LogP contribution < -0.4 is 21.7 Å². The van der Waals surface area contributed by atoms with Crippen LogP contribution in [0.15, 0.2) is 42.5 Å². The highest BCUT2D eigenvalue weighted by Gasteiger charge is 2.36. The number of nitrogens with one attached hydrogen (secondary N) is 1. The predicted molar refractivity (Wildman–Crippen MR) is 141 cm³/mol. The number of hydrogen-bond donors (Lipinski definition) is 4. The summed E-state index contributed by atoms with van der Waals surface area (Å²) in [4.78, 5) is 40.8. The largest absolute Gasteiger partial charge is 0.508 e. The number of nitrogens with zero attached hydrogens (tertiary/aromatic N) is 2. The lowest BCUT2D eigenvalue weighted by Gasteiger charge is -2.32. The van der Waals surface area contributed by atoms with Crippen molar-refractivity contribution in [3.63, 3.8) is 0 Å². The molecular formula is C26H31N5O4S. The number of anilines is 2. The first-order valence-corrected chi connectivity index (χ1v) is 12.3. The molecule has 10 heteroatoms. The summed E-state index contributed by atoms with van der Waals surface area (Å²) >= 11 is 0.755. The van der Waals surface area contributed by atoms with Crippen molar-refractivity contribution in [2.75, 3.05) is 17.2 Å². The van der Waals surface area contributed by atoms with Crippen molar-refractivity contribution >= 4 is 40.6 Å². The number of hydrogen-bond acceptors (Lipinski definition) is 7. The molecule has 0 aliphatic heterocycles. The third kappa shape index (κ3) is 5.83. The van der Waals surface area contributed by atoms with Crippen molar-refractivity contribution in [1.82, 2.24) is 9.69 Å². The fourth-order valence-corrected chi connectivity index (χ4v) is 4.48. The lowest BCUT2D eigenvalue weighted by Crippen LogP contribution is -2.44. The number of rotatable bonds is 9. The number of nitrogen functional groups attached to an aromatic ring is 1. The molecule has 36 heavy (non-hydrogen) atoms. The normalized spacial score (nSPS) is 11.8. The van der Waals surface area contributed by atoms with Crippen molar-refractivity contribution in [1.29, 1.82) is 0 Å². The smallest absolute Gasteiger partial charge is 0.273 e. The number of phenolic OH excluding ortho intramolecular Hbond substituents is 1. The van der Waals surface area contributed by atoms with Gasteiger partial charge in [-0.15, -0.1) is 0 Å². The van der Waals surface area contributed by atoms with Gasteiger partial charge in [0.1, 0.15) is 16.7 Å². The molecule has 0 spiro atoms. The fourth-order valence-electron chi connectivity index (χ4n) is 3.74. The van der Waals surface area contributed by atoms with Crippen LogP contribution in [0.25, 0.3) is 0 Å². The number of aromatic nitrogens is 1. The Hall–Kier alpha value is -3.92. The Labute approximate surface area is 214 Å². The van der Waals surface area contributed by atoms with E-state index in [0.29, 0.717) is 23.7 Å². The van der Waals surface area contributed by atoms with Gasteiger partial charge in [-0.1, -0.05) is 38.1 Å². The first kappa shape index (κ1) is 26.7. The highest BCUT2D eigenvalue weighted by atomic mass is 32.1. The molecule has 0 fully saturated rings. The van der Waals surface area contributed by atoms with Gasteiger partial charge in [-0.25, -0.2) is 0 Å². The first-order valence-electron chi connectivity index (χ1n) is 11.5. The molecule has 2 aromatic carbocycles. The topological polar surface area (TPSA) is 152 Å². The Kier molecular flexibility index (Phi) is 8.31. The summed E-state index contributed by atoms with van der Waals surface area (Å²) in [5, 5.41) is 12.8. The molecule has 6 N–H and O–H groups in total. The average Bonchev–Trinajstić information content (AvgIpc) is 3.21. The molecule has 0 aliphatic rings. The number of benzene rings is 2. The highest BCUT2D eigenvalue weighted by molar-refractivity contribution is 7.09. The Balaban J connectivity index is 2.21. The van der Waals surface area contributed by atoms with E-state index < -0.39 is 23.8 Å². The van der Waals surface area contributed by atoms with Crippen molar-refractivity contribution in [3.8, 4) is 5.75 Å². The highest BCUT2D eigenvalue weighted by Crippen LogP contribution is 2.35. The maximum atomic E-state index is 14.1. The Morgan fingerprint density at radius 2 is 1.78 bits per heavy atom. The molecule has 3 rings (SSSR count). The van der Waals surface area contributed by atoms with Gasteiger partial charge >= 0.3 is 0 Å². The maximum Gasteiger partial charge on any atom is 0.273 e. The first-order chi connectivity index (χ1) is 17.0. The quantitative estimate of drug-likeness (QED) is 0.345. The summed E-state index contributed by atoms with van der Waals surface area (Å²) < 4.78 is 3.97. The second-order valence-corrected chi connectivity index (χ2v) is 9.84. The van der Waals surface area contributed by atoms with E-state index in [1.165, 1.54) is 17.0 Å². The summed E-state index contributed by atoms with van der Waals surface area (Å²) in [5.74, 6) is -1.43. The Bertz CT molecular complexity index is 1270. The number of primary amides is 1. The van der Waals surface area contributed by atoms with Crippen LogP contribution in [-0.4, -0.2) is 33.7 Å². The van der Waals surface area contributed by atoms with Crippen LogP contribution in [0.3, 0.4) is 0 Å². The van der Waals surface area contributed by atoms with Crippen molar-refractivity contribution in [2.24, 2.45) is 11.7 Å². The van der Waals surface area contributed by atoms with Crippen molar-refractivity contribution in [2.45, 2.75) is 40.2 Å². The Morgan fingerprint density at radius 3 is 2.36 bits per heavy atom. The van der Waals surface area contributed by atoms with Crippen LogP contribution in [-0.2, 0) is 4.79 Å². The third-order valence-corrected chi connectivity index (χ3v) is 6.59. The molecule has 3 amide bonds. The van der Waals surface area contributed by atoms with E-state index in [1.54, 1.807) is 12.1 Å². The van der Waals surface area contributed by atoms with Crippen molar-refractivity contribution < 1.29 is 19.5 Å². The number of phenols is 1. The number of aryl methyl sites for hydroxylation is 2. The molecule has 0 saturated heterocycles. The molecule has 190 valence electrons. The zero-order valence-electron chi connectivity index (χ0n) is 20.7. The summed E-state index contributed by atoms with van der Waals surface area (Å²) in [7, 11) is 0. The van der Waals surface area contributed by atoms with Gasteiger partial charge in [0.15, 0.2) is 5.69 Å². The number of amides is 3. The minimum Gasteiger partial charge on any atom is -0.508 e. The summed E-state index contributed by atoms with van der Waals surface area (Å²) in [6.45, 7) is 8.26. The summed E-state index contributed by atoms with van der Waals surface area (Å²) in [6, 6.07) is 10.6. The summed E-state index contributed by atoms with van der Waals surface area (Å²) in [6.07, 6.45) is 0.759. The van der Waals surface area contributed by atoms with Gasteiger partial charge in [0.25, 0.3) is 11.8 Å². The lowest BCUT2D eigenvalue weighted by molar-refractivity contribution is -0.122.